The van der Waals surface area contributed by atoms with Crippen LogP contribution in [0.5, 0.6) is 0 Å². The zero-order valence-electron chi connectivity index (χ0n) is 10.5. The molecule has 1 aliphatic carbocycles. The summed E-state index contributed by atoms with van der Waals surface area (Å²) in [5.41, 5.74) is 5.47. The molecule has 1 aromatic rings. The third-order valence-corrected chi connectivity index (χ3v) is 6.08. The van der Waals surface area contributed by atoms with Gasteiger partial charge >= 0.3 is 0 Å². The van der Waals surface area contributed by atoms with Gasteiger partial charge < -0.3 is 5.73 Å². The van der Waals surface area contributed by atoms with Crippen LogP contribution in [-0.4, -0.2) is 30.9 Å². The fourth-order valence-electron chi connectivity index (χ4n) is 2.13. The highest BCUT2D eigenvalue weighted by molar-refractivity contribution is 7.99. The Morgan fingerprint density at radius 3 is 2.84 bits per heavy atom. The molecule has 1 heterocycles. The first kappa shape index (κ1) is 14.9. The van der Waals surface area contributed by atoms with E-state index in [1.165, 1.54) is 12.3 Å². The van der Waals surface area contributed by atoms with Gasteiger partial charge in [0.1, 0.15) is 10.7 Å². The van der Waals surface area contributed by atoms with Gasteiger partial charge in [-0.25, -0.2) is 18.1 Å². The van der Waals surface area contributed by atoms with Gasteiger partial charge in [0, 0.05) is 17.5 Å². The number of nitrogen functional groups attached to an aromatic ring is 1. The molecule has 2 atom stereocenters. The maximum Gasteiger partial charge on any atom is 0.242 e. The highest BCUT2D eigenvalue weighted by atomic mass is 35.5. The number of thioether (sulfide) groups is 1. The number of anilines is 1. The predicted octanol–water partition coefficient (Wildman–Crippen LogP) is 1.88. The summed E-state index contributed by atoms with van der Waals surface area (Å²) in [7, 11) is -3.58. The van der Waals surface area contributed by atoms with Gasteiger partial charge in [0.15, 0.2) is 0 Å². The maximum atomic E-state index is 12.2. The van der Waals surface area contributed by atoms with Crippen molar-refractivity contribution in [3.63, 3.8) is 0 Å². The van der Waals surface area contributed by atoms with Crippen LogP contribution in [0.4, 0.5) is 5.82 Å². The van der Waals surface area contributed by atoms with Crippen LogP contribution in [0.1, 0.15) is 19.3 Å². The zero-order valence-corrected chi connectivity index (χ0v) is 12.9. The van der Waals surface area contributed by atoms with E-state index < -0.39 is 10.0 Å². The lowest BCUT2D eigenvalue weighted by molar-refractivity contribution is 0.552. The number of nitrogens with two attached hydrogens (primary N) is 1. The van der Waals surface area contributed by atoms with Crippen LogP contribution in [0.2, 0.25) is 5.02 Å². The Hall–Kier alpha value is -0.500. The Labute approximate surface area is 122 Å². The molecule has 106 valence electrons. The van der Waals surface area contributed by atoms with Crippen molar-refractivity contribution >= 4 is 39.2 Å². The Morgan fingerprint density at radius 1 is 1.53 bits per heavy atom. The van der Waals surface area contributed by atoms with Crippen molar-refractivity contribution in [1.82, 2.24) is 9.71 Å². The second-order valence-corrected chi connectivity index (χ2v) is 7.79. The minimum Gasteiger partial charge on any atom is -0.382 e. The van der Waals surface area contributed by atoms with E-state index in [1.54, 1.807) is 11.8 Å². The lowest BCUT2D eigenvalue weighted by Gasteiger charge is -2.13. The van der Waals surface area contributed by atoms with Crippen LogP contribution in [-0.2, 0) is 10.0 Å². The smallest absolute Gasteiger partial charge is 0.242 e. The number of hydrogen-bond donors (Lipinski definition) is 2. The predicted molar refractivity (Wildman–Crippen MR) is 78.9 cm³/mol. The summed E-state index contributed by atoms with van der Waals surface area (Å²) in [6.45, 7) is 0. The van der Waals surface area contributed by atoms with Gasteiger partial charge in [0.05, 0.1) is 5.02 Å². The molecule has 5 nitrogen and oxygen atoms in total. The monoisotopic (exact) mass is 321 g/mol. The fraction of sp³-hybridized carbons (Fsp3) is 0.545. The molecule has 0 saturated heterocycles. The second kappa shape index (κ2) is 5.87. The van der Waals surface area contributed by atoms with E-state index in [0.29, 0.717) is 5.25 Å². The van der Waals surface area contributed by atoms with Crippen molar-refractivity contribution in [2.75, 3.05) is 12.0 Å². The van der Waals surface area contributed by atoms with Crippen LogP contribution in [0.15, 0.2) is 17.2 Å². The van der Waals surface area contributed by atoms with Crippen LogP contribution in [0.25, 0.3) is 0 Å². The van der Waals surface area contributed by atoms with Gasteiger partial charge in [0.25, 0.3) is 0 Å². The third-order valence-electron chi connectivity index (χ3n) is 3.19. The number of hydrogen-bond acceptors (Lipinski definition) is 5. The van der Waals surface area contributed by atoms with E-state index in [4.69, 9.17) is 17.3 Å². The van der Waals surface area contributed by atoms with Crippen LogP contribution in [0.3, 0.4) is 0 Å². The van der Waals surface area contributed by atoms with Crippen molar-refractivity contribution in [2.24, 2.45) is 0 Å². The Morgan fingerprint density at radius 2 is 2.26 bits per heavy atom. The standard InChI is InChI=1S/C11H16ClN3O2S2/c1-18-8-3-2-7(4-8)15-19(16,17)9-5-10(12)11(13)14-6-9/h5-8,15H,2-4H2,1H3,(H2,13,14). The zero-order chi connectivity index (χ0) is 14.0. The SMILES string of the molecule is CSC1CCC(NS(=O)(=O)c2cnc(N)c(Cl)c2)C1. The number of nitrogens with zero attached hydrogens (tertiary/aromatic N) is 1. The van der Waals surface area contributed by atoms with E-state index >= 15 is 0 Å². The second-order valence-electron chi connectivity index (χ2n) is 4.53. The van der Waals surface area contributed by atoms with Crippen molar-refractivity contribution < 1.29 is 8.42 Å². The summed E-state index contributed by atoms with van der Waals surface area (Å²) >= 11 is 7.58. The van der Waals surface area contributed by atoms with Gasteiger partial charge in [-0.15, -0.1) is 0 Å². The quantitative estimate of drug-likeness (QED) is 0.884. The van der Waals surface area contributed by atoms with E-state index in [9.17, 15) is 8.42 Å². The summed E-state index contributed by atoms with van der Waals surface area (Å²) in [6, 6.07) is 1.31. The number of pyridine rings is 1. The molecule has 0 aromatic carbocycles. The van der Waals surface area contributed by atoms with E-state index in [-0.39, 0.29) is 21.8 Å². The molecule has 0 amide bonds. The van der Waals surface area contributed by atoms with Crippen molar-refractivity contribution in [3.8, 4) is 0 Å². The molecule has 0 radical (unpaired) electrons. The molecule has 0 bridgehead atoms. The molecule has 8 heteroatoms. The largest absolute Gasteiger partial charge is 0.382 e. The molecule has 1 aromatic heterocycles. The van der Waals surface area contributed by atoms with Crippen molar-refractivity contribution in [2.45, 2.75) is 35.4 Å². The first-order chi connectivity index (χ1) is 8.92. The number of sulfonamides is 1. The van der Waals surface area contributed by atoms with Gasteiger partial charge in [-0.05, 0) is 31.6 Å². The summed E-state index contributed by atoms with van der Waals surface area (Å²) in [5, 5.41) is 0.678. The third kappa shape index (κ3) is 3.53. The normalized spacial score (nSPS) is 23.7. The average Bonchev–Trinajstić information content (AvgIpc) is 2.79. The summed E-state index contributed by atoms with van der Waals surface area (Å²) in [6.07, 6.45) is 6.03. The molecule has 0 aliphatic heterocycles. The molecule has 1 fully saturated rings. The number of rotatable bonds is 4. The van der Waals surface area contributed by atoms with Gasteiger partial charge in [-0.3, -0.25) is 0 Å². The van der Waals surface area contributed by atoms with Crippen molar-refractivity contribution in [3.05, 3.63) is 17.3 Å². The average molecular weight is 322 g/mol. The Bertz CT molecular complexity index is 565. The Kier molecular flexibility index (Phi) is 4.60. The molecular weight excluding hydrogens is 306 g/mol. The molecular formula is C11H16ClN3O2S2. The topological polar surface area (TPSA) is 85.1 Å². The maximum absolute atomic E-state index is 12.2. The number of halogens is 1. The lowest BCUT2D eigenvalue weighted by atomic mass is 10.3. The van der Waals surface area contributed by atoms with Gasteiger partial charge in [0.2, 0.25) is 10.0 Å². The van der Waals surface area contributed by atoms with E-state index in [1.807, 2.05) is 6.26 Å². The Balaban J connectivity index is 2.12. The highest BCUT2D eigenvalue weighted by Gasteiger charge is 2.28. The minimum absolute atomic E-state index is 0.0150. The molecule has 3 N–H and O–H groups in total. The molecule has 1 saturated carbocycles. The van der Waals surface area contributed by atoms with Crippen LogP contribution >= 0.6 is 23.4 Å². The summed E-state index contributed by atoms with van der Waals surface area (Å²) < 4.78 is 27.1. The van der Waals surface area contributed by atoms with E-state index in [2.05, 4.69) is 9.71 Å². The molecule has 2 rings (SSSR count). The molecule has 1 aliphatic rings. The number of aromatic nitrogens is 1. The number of nitrogens with one attached hydrogen (secondary N) is 1. The summed E-state index contributed by atoms with van der Waals surface area (Å²) in [4.78, 5) is 3.83. The van der Waals surface area contributed by atoms with Gasteiger partial charge in [-0.1, -0.05) is 11.6 Å². The van der Waals surface area contributed by atoms with E-state index in [0.717, 1.165) is 19.3 Å². The van der Waals surface area contributed by atoms with Crippen molar-refractivity contribution in [1.29, 1.82) is 0 Å². The highest BCUT2D eigenvalue weighted by Crippen LogP contribution is 2.29. The molecule has 19 heavy (non-hydrogen) atoms. The molecule has 2 unspecified atom stereocenters. The first-order valence-electron chi connectivity index (χ1n) is 5.88. The first-order valence-corrected chi connectivity index (χ1v) is 9.03. The van der Waals surface area contributed by atoms with Crippen LogP contribution < -0.4 is 10.5 Å². The molecule has 0 spiro atoms. The summed E-state index contributed by atoms with van der Waals surface area (Å²) in [5.74, 6) is 0.129. The fourth-order valence-corrected chi connectivity index (χ4v) is 4.41. The van der Waals surface area contributed by atoms with Gasteiger partial charge in [-0.2, -0.15) is 11.8 Å². The minimum atomic E-state index is -3.58. The lowest BCUT2D eigenvalue weighted by Crippen LogP contribution is -2.33. The van der Waals surface area contributed by atoms with Crippen LogP contribution in [0, 0.1) is 0 Å².